The van der Waals surface area contributed by atoms with E-state index in [-0.39, 0.29) is 6.54 Å². The lowest BCUT2D eigenvalue weighted by atomic mass is 10.1. The van der Waals surface area contributed by atoms with Crippen LogP contribution in [0.2, 0.25) is 0 Å². The van der Waals surface area contributed by atoms with Gasteiger partial charge >= 0.3 is 6.18 Å². The molecule has 2 aromatic rings. The number of hydrogen-bond acceptors (Lipinski definition) is 4. The highest BCUT2D eigenvalue weighted by atomic mass is 32.1. The Morgan fingerprint density at radius 2 is 1.75 bits per heavy atom. The molecule has 1 aromatic carbocycles. The Kier molecular flexibility index (Phi) is 8.25. The third-order valence-corrected chi connectivity index (χ3v) is 5.17. The molecular weight excluding hydrogens is 387 g/mol. The minimum absolute atomic E-state index is 0.182. The molecule has 0 aliphatic rings. The quantitative estimate of drug-likeness (QED) is 0.510. The van der Waals surface area contributed by atoms with Crippen molar-refractivity contribution in [2.24, 2.45) is 4.99 Å². The molecular formula is C19H26F3N5S. The number of hydrogen-bond donors (Lipinski definition) is 2. The molecule has 1 heterocycles. The van der Waals surface area contributed by atoms with Gasteiger partial charge in [-0.25, -0.2) is 4.98 Å². The van der Waals surface area contributed by atoms with E-state index in [1.54, 1.807) is 7.05 Å². The second-order valence-corrected chi connectivity index (χ2v) is 7.08. The molecule has 0 fully saturated rings. The highest BCUT2D eigenvalue weighted by Crippen LogP contribution is 2.29. The van der Waals surface area contributed by atoms with Gasteiger partial charge in [0.15, 0.2) is 11.7 Å². The van der Waals surface area contributed by atoms with Gasteiger partial charge in [0, 0.05) is 25.5 Å². The second-order valence-electron chi connectivity index (χ2n) is 6.13. The molecule has 9 heteroatoms. The number of aromatic nitrogens is 1. The van der Waals surface area contributed by atoms with Gasteiger partial charge in [0.2, 0.25) is 0 Å². The number of alkyl halides is 3. The van der Waals surface area contributed by atoms with Gasteiger partial charge in [-0.05, 0) is 24.2 Å². The Morgan fingerprint density at radius 1 is 1.11 bits per heavy atom. The molecule has 0 bridgehead atoms. The molecule has 5 nitrogen and oxygen atoms in total. The molecule has 0 unspecified atom stereocenters. The Labute approximate surface area is 167 Å². The Hall–Kier alpha value is -2.13. The molecule has 0 aliphatic carbocycles. The van der Waals surface area contributed by atoms with Crippen LogP contribution < -0.4 is 10.6 Å². The smallest absolute Gasteiger partial charge is 0.352 e. The first kappa shape index (κ1) is 22.2. The van der Waals surface area contributed by atoms with Gasteiger partial charge in [-0.1, -0.05) is 38.1 Å². The van der Waals surface area contributed by atoms with Gasteiger partial charge in [0.05, 0.1) is 6.54 Å². The fraction of sp³-hybridized carbons (Fsp3) is 0.474. The zero-order valence-corrected chi connectivity index (χ0v) is 17.1. The first-order valence-corrected chi connectivity index (χ1v) is 10.0. The maximum atomic E-state index is 12.6. The number of halogens is 3. The molecule has 0 aliphatic heterocycles. The number of benzene rings is 1. The van der Waals surface area contributed by atoms with Gasteiger partial charge in [-0.2, -0.15) is 13.2 Å². The zero-order valence-electron chi connectivity index (χ0n) is 16.3. The van der Waals surface area contributed by atoms with E-state index in [1.807, 2.05) is 12.1 Å². The molecule has 0 amide bonds. The predicted molar refractivity (Wildman–Crippen MR) is 107 cm³/mol. The Balaban J connectivity index is 1.93. The van der Waals surface area contributed by atoms with Crippen LogP contribution in [-0.4, -0.2) is 36.0 Å². The lowest BCUT2D eigenvalue weighted by molar-refractivity contribution is -0.140. The zero-order chi connectivity index (χ0) is 20.6. The topological polar surface area (TPSA) is 52.5 Å². The molecule has 2 N–H and O–H groups in total. The minimum Gasteiger partial charge on any atom is -0.352 e. The van der Waals surface area contributed by atoms with Gasteiger partial charge in [0.25, 0.3) is 0 Å². The summed E-state index contributed by atoms with van der Waals surface area (Å²) >= 11 is 0.976. The average molecular weight is 414 g/mol. The number of guanidine groups is 1. The molecule has 0 radical (unpaired) electrons. The van der Waals surface area contributed by atoms with Crippen LogP contribution >= 0.6 is 11.3 Å². The highest BCUT2D eigenvalue weighted by Gasteiger charge is 2.33. The van der Waals surface area contributed by atoms with Gasteiger partial charge in [-0.15, -0.1) is 11.3 Å². The monoisotopic (exact) mass is 413 g/mol. The van der Waals surface area contributed by atoms with Crippen molar-refractivity contribution in [1.29, 1.82) is 0 Å². The summed E-state index contributed by atoms with van der Waals surface area (Å²) < 4.78 is 37.9. The van der Waals surface area contributed by atoms with Crippen molar-refractivity contribution in [2.45, 2.75) is 39.7 Å². The van der Waals surface area contributed by atoms with Crippen LogP contribution in [0.5, 0.6) is 0 Å². The third-order valence-electron chi connectivity index (χ3n) is 4.33. The molecule has 0 saturated carbocycles. The molecule has 1 aromatic heterocycles. The van der Waals surface area contributed by atoms with Crippen molar-refractivity contribution in [3.8, 4) is 0 Å². The van der Waals surface area contributed by atoms with E-state index in [1.165, 1.54) is 5.56 Å². The van der Waals surface area contributed by atoms with Crippen LogP contribution in [0.1, 0.15) is 35.7 Å². The third kappa shape index (κ3) is 6.49. The van der Waals surface area contributed by atoms with Crippen LogP contribution in [0, 0.1) is 0 Å². The molecule has 0 spiro atoms. The van der Waals surface area contributed by atoms with Crippen LogP contribution in [0.15, 0.2) is 34.6 Å². The van der Waals surface area contributed by atoms with E-state index in [2.05, 4.69) is 51.5 Å². The highest BCUT2D eigenvalue weighted by molar-refractivity contribution is 7.09. The summed E-state index contributed by atoms with van der Waals surface area (Å²) in [6.45, 7) is 7.86. The van der Waals surface area contributed by atoms with Gasteiger partial charge in [-0.3, -0.25) is 9.89 Å². The molecule has 0 saturated heterocycles. The van der Waals surface area contributed by atoms with E-state index < -0.39 is 11.9 Å². The molecule has 154 valence electrons. The van der Waals surface area contributed by atoms with Crippen LogP contribution in [0.4, 0.5) is 13.2 Å². The Morgan fingerprint density at radius 3 is 2.32 bits per heavy atom. The molecule has 0 atom stereocenters. The summed E-state index contributed by atoms with van der Waals surface area (Å²) in [4.78, 5) is 10.1. The van der Waals surface area contributed by atoms with Crippen molar-refractivity contribution in [1.82, 2.24) is 20.5 Å². The normalized spacial score (nSPS) is 12.5. The van der Waals surface area contributed by atoms with E-state index >= 15 is 0 Å². The van der Waals surface area contributed by atoms with E-state index in [0.29, 0.717) is 17.5 Å². The van der Waals surface area contributed by atoms with Crippen molar-refractivity contribution < 1.29 is 13.2 Å². The van der Waals surface area contributed by atoms with Crippen LogP contribution in [0.3, 0.4) is 0 Å². The lowest BCUT2D eigenvalue weighted by Crippen LogP contribution is -2.36. The number of rotatable bonds is 8. The standard InChI is InChI=1S/C19H26F3N5S/c1-4-27(5-2)12-15-9-7-6-8-14(15)10-24-18(23-3)25-11-17-26-16(13-28-17)19(20,21)22/h6-9,13H,4-5,10-12H2,1-3H3,(H2,23,24,25). The van der Waals surface area contributed by atoms with Crippen molar-refractivity contribution in [2.75, 3.05) is 20.1 Å². The summed E-state index contributed by atoms with van der Waals surface area (Å²) in [6, 6.07) is 8.19. The summed E-state index contributed by atoms with van der Waals surface area (Å²) in [7, 11) is 1.63. The number of thiazole rings is 1. The second kappa shape index (κ2) is 10.4. The fourth-order valence-electron chi connectivity index (χ4n) is 2.65. The number of nitrogens with zero attached hydrogens (tertiary/aromatic N) is 3. The maximum Gasteiger partial charge on any atom is 0.434 e. The predicted octanol–water partition coefficient (Wildman–Crippen LogP) is 3.87. The number of aliphatic imine (C=N–C) groups is 1. The SMILES string of the molecule is CCN(CC)Cc1ccccc1CNC(=NC)NCc1nc(C(F)(F)F)cs1. The minimum atomic E-state index is -4.41. The summed E-state index contributed by atoms with van der Waals surface area (Å²) in [5, 5.41) is 7.61. The lowest BCUT2D eigenvalue weighted by Gasteiger charge is -2.20. The Bertz CT molecular complexity index is 769. The van der Waals surface area contributed by atoms with E-state index in [9.17, 15) is 13.2 Å². The number of nitrogens with one attached hydrogen (secondary N) is 2. The summed E-state index contributed by atoms with van der Waals surface area (Å²) in [5.41, 5.74) is 1.54. The van der Waals surface area contributed by atoms with Crippen molar-refractivity contribution in [3.05, 3.63) is 51.5 Å². The largest absolute Gasteiger partial charge is 0.434 e. The average Bonchev–Trinajstić information content (AvgIpc) is 3.16. The van der Waals surface area contributed by atoms with Gasteiger partial charge < -0.3 is 10.6 Å². The first-order chi connectivity index (χ1) is 13.4. The first-order valence-electron chi connectivity index (χ1n) is 9.12. The molecule has 2 rings (SSSR count). The van der Waals surface area contributed by atoms with Gasteiger partial charge in [0.1, 0.15) is 5.01 Å². The van der Waals surface area contributed by atoms with E-state index in [0.717, 1.165) is 41.9 Å². The van der Waals surface area contributed by atoms with Crippen molar-refractivity contribution >= 4 is 17.3 Å². The maximum absolute atomic E-state index is 12.6. The summed E-state index contributed by atoms with van der Waals surface area (Å²) in [6.07, 6.45) is -4.41. The van der Waals surface area contributed by atoms with E-state index in [4.69, 9.17) is 0 Å². The van der Waals surface area contributed by atoms with Crippen LogP contribution in [-0.2, 0) is 25.8 Å². The molecule has 28 heavy (non-hydrogen) atoms. The van der Waals surface area contributed by atoms with Crippen molar-refractivity contribution in [3.63, 3.8) is 0 Å². The van der Waals surface area contributed by atoms with Crippen LogP contribution in [0.25, 0.3) is 0 Å². The summed E-state index contributed by atoms with van der Waals surface area (Å²) in [5.74, 6) is 0.515. The fourth-order valence-corrected chi connectivity index (χ4v) is 3.39.